The molecule has 0 atom stereocenters. The number of thiazole rings is 1. The van der Waals surface area contributed by atoms with Gasteiger partial charge in [0, 0.05) is 0 Å². The van der Waals surface area contributed by atoms with Crippen LogP contribution in [0.5, 0.6) is 0 Å². The van der Waals surface area contributed by atoms with E-state index in [0.29, 0.717) is 5.82 Å². The number of esters is 1. The van der Waals surface area contributed by atoms with E-state index in [4.69, 9.17) is 0 Å². The number of methoxy groups -OCH3 is 1. The number of hydrogen-bond donors (Lipinski definition) is 2. The number of aromatic nitrogens is 4. The van der Waals surface area contributed by atoms with Crippen molar-refractivity contribution in [3.8, 4) is 0 Å². The number of sulfonamides is 1. The maximum Gasteiger partial charge on any atom is 0.358 e. The molecule has 0 radical (unpaired) electrons. The number of carbonyl (C=O) groups is 1. The van der Waals surface area contributed by atoms with Crippen molar-refractivity contribution in [3.05, 3.63) is 17.0 Å². The lowest BCUT2D eigenvalue weighted by Crippen LogP contribution is -2.16. The minimum atomic E-state index is -3.98. The molecular weight excluding hydrogens is 294 g/mol. The van der Waals surface area contributed by atoms with Crippen molar-refractivity contribution in [2.45, 2.75) is 11.1 Å². The van der Waals surface area contributed by atoms with E-state index in [-0.39, 0.29) is 15.9 Å². The van der Waals surface area contributed by atoms with Crippen molar-refractivity contribution in [2.24, 2.45) is 0 Å². The van der Waals surface area contributed by atoms with Gasteiger partial charge in [-0.3, -0.25) is 5.10 Å². The van der Waals surface area contributed by atoms with Gasteiger partial charge in [-0.15, -0.1) is 16.4 Å². The molecule has 0 aliphatic heterocycles. The standard InChI is InChI=1S/C8H9N5O4S2/c1-4-10-8(12-11-4)13-19(15,16)7-5(6(14)17-2)9-3-18-7/h3H,1-2H3,(H2,10,11,12,13). The van der Waals surface area contributed by atoms with E-state index in [2.05, 4.69) is 29.6 Å². The van der Waals surface area contributed by atoms with E-state index in [0.717, 1.165) is 18.4 Å². The highest BCUT2D eigenvalue weighted by Crippen LogP contribution is 2.22. The summed E-state index contributed by atoms with van der Waals surface area (Å²) in [5.41, 5.74) is 0.969. The maximum atomic E-state index is 12.1. The first-order valence-corrected chi connectivity index (χ1v) is 7.24. The van der Waals surface area contributed by atoms with Crippen LogP contribution in [-0.4, -0.2) is 41.7 Å². The first-order valence-electron chi connectivity index (χ1n) is 4.87. The fraction of sp³-hybridized carbons (Fsp3) is 0.250. The van der Waals surface area contributed by atoms with Gasteiger partial charge in [-0.1, -0.05) is 0 Å². The molecule has 9 nitrogen and oxygen atoms in total. The molecule has 11 heteroatoms. The van der Waals surface area contributed by atoms with Crippen LogP contribution in [0.15, 0.2) is 9.72 Å². The molecule has 2 aromatic rings. The van der Waals surface area contributed by atoms with E-state index < -0.39 is 16.0 Å². The molecule has 0 saturated heterocycles. The predicted octanol–water partition coefficient (Wildman–Crippen LogP) is 0.157. The Balaban J connectivity index is 2.35. The Morgan fingerprint density at radius 3 is 2.84 bits per heavy atom. The molecule has 0 unspecified atom stereocenters. The summed E-state index contributed by atoms with van der Waals surface area (Å²) in [6, 6.07) is 0. The average Bonchev–Trinajstić information content (AvgIpc) is 2.97. The number of anilines is 1. The van der Waals surface area contributed by atoms with Crippen molar-refractivity contribution in [3.63, 3.8) is 0 Å². The lowest BCUT2D eigenvalue weighted by molar-refractivity contribution is 0.0590. The normalized spacial score (nSPS) is 11.3. The average molecular weight is 303 g/mol. The van der Waals surface area contributed by atoms with Crippen molar-refractivity contribution in [1.29, 1.82) is 0 Å². The van der Waals surface area contributed by atoms with Crippen molar-refractivity contribution in [2.75, 3.05) is 11.8 Å². The third-order valence-corrected chi connectivity index (χ3v) is 4.68. The number of H-pyrrole nitrogens is 1. The Hall–Kier alpha value is -2.01. The number of carbonyl (C=O) groups excluding carboxylic acids is 1. The predicted molar refractivity (Wildman–Crippen MR) is 65.4 cm³/mol. The van der Waals surface area contributed by atoms with Gasteiger partial charge in [0.25, 0.3) is 16.0 Å². The van der Waals surface area contributed by atoms with Gasteiger partial charge < -0.3 is 4.74 Å². The number of aryl methyl sites for hydroxylation is 1. The summed E-state index contributed by atoms with van der Waals surface area (Å²) in [5.74, 6) is -0.482. The maximum absolute atomic E-state index is 12.1. The summed E-state index contributed by atoms with van der Waals surface area (Å²) in [6.45, 7) is 1.62. The third kappa shape index (κ3) is 2.71. The SMILES string of the molecule is COC(=O)c1ncsc1S(=O)(=O)Nc1n[nH]c(C)n1. The highest BCUT2D eigenvalue weighted by molar-refractivity contribution is 7.94. The Morgan fingerprint density at radius 2 is 2.26 bits per heavy atom. The molecule has 2 rings (SSSR count). The fourth-order valence-corrected chi connectivity index (χ4v) is 3.29. The van der Waals surface area contributed by atoms with Crippen LogP contribution in [0.4, 0.5) is 5.95 Å². The molecular formula is C8H9N5O4S2. The van der Waals surface area contributed by atoms with Crippen LogP contribution in [-0.2, 0) is 14.8 Å². The summed E-state index contributed by atoms with van der Waals surface area (Å²) in [5, 5.41) is 6.14. The van der Waals surface area contributed by atoms with E-state index in [9.17, 15) is 13.2 Å². The van der Waals surface area contributed by atoms with Gasteiger partial charge >= 0.3 is 5.97 Å². The lowest BCUT2D eigenvalue weighted by Gasteiger charge is -2.03. The third-order valence-electron chi connectivity index (χ3n) is 1.98. The molecule has 0 saturated carbocycles. The number of aromatic amines is 1. The second-order valence-electron chi connectivity index (χ2n) is 3.33. The van der Waals surface area contributed by atoms with Gasteiger partial charge in [-0.05, 0) is 6.92 Å². The number of nitrogens with one attached hydrogen (secondary N) is 2. The first-order chi connectivity index (χ1) is 8.94. The molecule has 102 valence electrons. The molecule has 0 bridgehead atoms. The Bertz CT molecular complexity index is 704. The van der Waals surface area contributed by atoms with Gasteiger partial charge in [0.15, 0.2) is 9.90 Å². The van der Waals surface area contributed by atoms with Crippen molar-refractivity contribution in [1.82, 2.24) is 20.2 Å². The highest BCUT2D eigenvalue weighted by Gasteiger charge is 2.27. The van der Waals surface area contributed by atoms with Crippen LogP contribution in [0.1, 0.15) is 16.3 Å². The number of rotatable bonds is 4. The summed E-state index contributed by atoms with van der Waals surface area (Å²) in [4.78, 5) is 18.9. The molecule has 2 aromatic heterocycles. The summed E-state index contributed by atoms with van der Waals surface area (Å²) in [7, 11) is -2.84. The Morgan fingerprint density at radius 1 is 1.53 bits per heavy atom. The molecule has 19 heavy (non-hydrogen) atoms. The van der Waals surface area contributed by atoms with Gasteiger partial charge in [0.1, 0.15) is 5.82 Å². The van der Waals surface area contributed by atoms with Crippen LogP contribution >= 0.6 is 11.3 Å². The van der Waals surface area contributed by atoms with Crippen molar-refractivity contribution >= 4 is 33.3 Å². The second-order valence-corrected chi connectivity index (χ2v) is 6.06. The van der Waals surface area contributed by atoms with E-state index in [1.165, 1.54) is 5.51 Å². The molecule has 2 heterocycles. The van der Waals surface area contributed by atoms with E-state index in [1.807, 2.05) is 0 Å². The number of nitrogens with zero attached hydrogens (tertiary/aromatic N) is 3. The zero-order valence-corrected chi connectivity index (χ0v) is 11.5. The fourth-order valence-electron chi connectivity index (χ4n) is 1.21. The minimum Gasteiger partial charge on any atom is -0.464 e. The summed E-state index contributed by atoms with van der Waals surface area (Å²) >= 11 is 0.798. The monoisotopic (exact) mass is 303 g/mol. The zero-order chi connectivity index (χ0) is 14.0. The quantitative estimate of drug-likeness (QED) is 0.770. The second kappa shape index (κ2) is 4.93. The molecule has 2 N–H and O–H groups in total. The van der Waals surface area contributed by atoms with Gasteiger partial charge in [0.2, 0.25) is 0 Å². The summed E-state index contributed by atoms with van der Waals surface area (Å²) < 4.78 is 30.5. The molecule has 0 aliphatic rings. The minimum absolute atomic E-state index is 0.110. The Labute approximate surface area is 112 Å². The Kier molecular flexibility index (Phi) is 3.48. The zero-order valence-electron chi connectivity index (χ0n) is 9.87. The van der Waals surface area contributed by atoms with Gasteiger partial charge in [-0.25, -0.2) is 22.9 Å². The molecule has 0 amide bonds. The van der Waals surface area contributed by atoms with Crippen LogP contribution < -0.4 is 4.72 Å². The van der Waals surface area contributed by atoms with Gasteiger partial charge in [0.05, 0.1) is 12.6 Å². The molecule has 0 aromatic carbocycles. The van der Waals surface area contributed by atoms with Crippen LogP contribution in [0.25, 0.3) is 0 Å². The first kappa shape index (κ1) is 13.4. The van der Waals surface area contributed by atoms with E-state index in [1.54, 1.807) is 6.92 Å². The smallest absolute Gasteiger partial charge is 0.358 e. The van der Waals surface area contributed by atoms with Crippen LogP contribution in [0.3, 0.4) is 0 Å². The molecule has 0 spiro atoms. The van der Waals surface area contributed by atoms with Crippen LogP contribution in [0.2, 0.25) is 0 Å². The molecule has 0 aliphatic carbocycles. The molecule has 0 fully saturated rings. The highest BCUT2D eigenvalue weighted by atomic mass is 32.2. The summed E-state index contributed by atoms with van der Waals surface area (Å²) in [6.07, 6.45) is 0. The lowest BCUT2D eigenvalue weighted by atomic mass is 10.5. The van der Waals surface area contributed by atoms with Crippen molar-refractivity contribution < 1.29 is 17.9 Å². The number of hydrogen-bond acceptors (Lipinski definition) is 8. The van der Waals surface area contributed by atoms with E-state index >= 15 is 0 Å². The topological polar surface area (TPSA) is 127 Å². The number of ether oxygens (including phenoxy) is 1. The largest absolute Gasteiger partial charge is 0.464 e. The van der Waals surface area contributed by atoms with Crippen LogP contribution in [0, 0.1) is 6.92 Å². The van der Waals surface area contributed by atoms with Gasteiger partial charge in [-0.2, -0.15) is 4.98 Å².